The van der Waals surface area contributed by atoms with Crippen molar-refractivity contribution in [2.24, 2.45) is 0 Å². The predicted molar refractivity (Wildman–Crippen MR) is 59.4 cm³/mol. The van der Waals surface area contributed by atoms with Gasteiger partial charge in [-0.3, -0.25) is 0 Å². The van der Waals surface area contributed by atoms with Gasteiger partial charge in [0, 0.05) is 9.75 Å². The molecule has 0 saturated heterocycles. The van der Waals surface area contributed by atoms with Crippen LogP contribution in [0.5, 0.6) is 0 Å². The fourth-order valence-electron chi connectivity index (χ4n) is 1.91. The maximum absolute atomic E-state index is 9.52. The molecule has 0 aromatic carbocycles. The largest absolute Gasteiger partial charge is 0.375 e. The Morgan fingerprint density at radius 3 is 2.93 bits per heavy atom. The van der Waals surface area contributed by atoms with Gasteiger partial charge in [0.1, 0.15) is 6.10 Å². The monoisotopic (exact) mass is 206 g/mol. The second-order valence-electron chi connectivity index (χ2n) is 3.73. The number of aliphatic hydroxyl groups excluding tert-OH is 1. The van der Waals surface area contributed by atoms with Crippen LogP contribution in [0.1, 0.15) is 40.7 Å². The van der Waals surface area contributed by atoms with Gasteiger partial charge >= 0.3 is 0 Å². The second-order valence-corrected chi connectivity index (χ2v) is 4.90. The van der Waals surface area contributed by atoms with Crippen molar-refractivity contribution in [2.75, 3.05) is 0 Å². The maximum atomic E-state index is 9.52. The molecule has 2 rings (SSSR count). The van der Waals surface area contributed by atoms with E-state index in [0.717, 1.165) is 17.7 Å². The van der Waals surface area contributed by atoms with E-state index >= 15 is 0 Å². The molecule has 0 radical (unpaired) electrons. The number of rotatable bonds is 1. The van der Waals surface area contributed by atoms with Gasteiger partial charge in [-0.1, -0.05) is 12.3 Å². The highest BCUT2D eigenvalue weighted by Crippen LogP contribution is 2.31. The first-order valence-electron chi connectivity index (χ1n) is 5.07. The van der Waals surface area contributed by atoms with Crippen molar-refractivity contribution in [3.05, 3.63) is 21.4 Å². The van der Waals surface area contributed by atoms with Crippen molar-refractivity contribution >= 4 is 11.3 Å². The molecule has 1 unspecified atom stereocenters. The van der Waals surface area contributed by atoms with Gasteiger partial charge in [0.15, 0.2) is 0 Å². The Hall–Kier alpha value is -0.780. The van der Waals surface area contributed by atoms with Crippen molar-refractivity contribution < 1.29 is 5.11 Å². The van der Waals surface area contributed by atoms with Gasteiger partial charge in [-0.25, -0.2) is 0 Å². The Morgan fingerprint density at radius 1 is 1.36 bits per heavy atom. The molecule has 0 amide bonds. The highest BCUT2D eigenvalue weighted by atomic mass is 32.1. The molecule has 74 valence electrons. The van der Waals surface area contributed by atoms with E-state index in [1.807, 2.05) is 0 Å². The number of hydrogen-bond acceptors (Lipinski definition) is 2. The van der Waals surface area contributed by atoms with Crippen LogP contribution < -0.4 is 0 Å². The zero-order chi connectivity index (χ0) is 9.97. The Bertz CT molecular complexity index is 335. The summed E-state index contributed by atoms with van der Waals surface area (Å²) in [6, 6.07) is 2.09. The average Bonchev–Trinajstić information content (AvgIpc) is 2.49. The third-order valence-electron chi connectivity index (χ3n) is 2.69. The lowest BCUT2D eigenvalue weighted by Crippen LogP contribution is -1.88. The van der Waals surface area contributed by atoms with Gasteiger partial charge in [0.25, 0.3) is 0 Å². The number of aryl methyl sites for hydroxylation is 2. The normalized spacial score (nSPS) is 18.0. The summed E-state index contributed by atoms with van der Waals surface area (Å²) < 4.78 is 0. The molecule has 1 aromatic rings. The second kappa shape index (κ2) is 4.16. The molecule has 1 aliphatic rings. The van der Waals surface area contributed by atoms with Crippen LogP contribution in [0, 0.1) is 12.3 Å². The lowest BCUT2D eigenvalue weighted by atomic mass is 10.1. The van der Waals surface area contributed by atoms with E-state index in [-0.39, 0.29) is 0 Å². The number of aliphatic hydroxyl groups is 1. The molecule has 14 heavy (non-hydrogen) atoms. The van der Waals surface area contributed by atoms with Gasteiger partial charge < -0.3 is 5.11 Å². The van der Waals surface area contributed by atoms with E-state index in [9.17, 15) is 5.11 Å². The topological polar surface area (TPSA) is 20.2 Å². The summed E-state index contributed by atoms with van der Waals surface area (Å²) in [6.45, 7) is 0. The van der Waals surface area contributed by atoms with Crippen LogP contribution in [0.25, 0.3) is 0 Å². The van der Waals surface area contributed by atoms with Crippen LogP contribution in [0.3, 0.4) is 0 Å². The van der Waals surface area contributed by atoms with Gasteiger partial charge in [0.05, 0.1) is 0 Å². The van der Waals surface area contributed by atoms with Crippen LogP contribution >= 0.6 is 11.3 Å². The molecule has 1 aliphatic carbocycles. The number of terminal acetylenes is 1. The Kier molecular flexibility index (Phi) is 2.90. The van der Waals surface area contributed by atoms with Crippen LogP contribution in [0.2, 0.25) is 0 Å². The zero-order valence-electron chi connectivity index (χ0n) is 8.12. The van der Waals surface area contributed by atoms with Gasteiger partial charge in [0.2, 0.25) is 0 Å². The number of thiophene rings is 1. The molecule has 1 aromatic heterocycles. The molecule has 0 bridgehead atoms. The third kappa shape index (κ3) is 1.84. The Morgan fingerprint density at radius 2 is 2.14 bits per heavy atom. The fraction of sp³-hybridized carbons (Fsp3) is 0.500. The molecule has 1 nitrogen and oxygen atoms in total. The molecular weight excluding hydrogens is 192 g/mol. The average molecular weight is 206 g/mol. The van der Waals surface area contributed by atoms with E-state index in [2.05, 4.69) is 12.0 Å². The summed E-state index contributed by atoms with van der Waals surface area (Å²) in [5.41, 5.74) is 1.41. The SMILES string of the molecule is C#CC(O)c1cc2c(s1)CCCCC2. The lowest BCUT2D eigenvalue weighted by molar-refractivity contribution is 0.242. The standard InChI is InChI=1S/C12H14OS/c1-2-10(13)12-8-9-6-4-3-5-7-11(9)14-12/h1,8,10,13H,3-7H2. The molecule has 1 heterocycles. The molecule has 0 spiro atoms. The minimum Gasteiger partial charge on any atom is -0.375 e. The minimum absolute atomic E-state index is 0.702. The van der Waals surface area contributed by atoms with Crippen molar-refractivity contribution in [2.45, 2.75) is 38.2 Å². The van der Waals surface area contributed by atoms with Crippen LogP contribution in [0.4, 0.5) is 0 Å². The highest BCUT2D eigenvalue weighted by molar-refractivity contribution is 7.12. The summed E-state index contributed by atoms with van der Waals surface area (Å²) in [4.78, 5) is 2.38. The first-order chi connectivity index (χ1) is 6.81. The molecule has 1 atom stereocenters. The summed E-state index contributed by atoms with van der Waals surface area (Å²) in [5.74, 6) is 2.37. The zero-order valence-corrected chi connectivity index (χ0v) is 8.94. The quantitative estimate of drug-likeness (QED) is 0.553. The van der Waals surface area contributed by atoms with Gasteiger partial charge in [-0.15, -0.1) is 17.8 Å². The summed E-state index contributed by atoms with van der Waals surface area (Å²) in [6.07, 6.45) is 10.7. The lowest BCUT2D eigenvalue weighted by Gasteiger charge is -1.97. The number of hydrogen-bond donors (Lipinski definition) is 1. The van der Waals surface area contributed by atoms with E-state index in [1.54, 1.807) is 11.3 Å². The first kappa shape index (κ1) is 9.76. The van der Waals surface area contributed by atoms with Crippen molar-refractivity contribution in [1.82, 2.24) is 0 Å². The molecule has 0 saturated carbocycles. The minimum atomic E-state index is -0.702. The van der Waals surface area contributed by atoms with E-state index in [4.69, 9.17) is 6.42 Å². The van der Waals surface area contributed by atoms with E-state index < -0.39 is 6.10 Å². The molecule has 1 N–H and O–H groups in total. The third-order valence-corrected chi connectivity index (χ3v) is 3.98. The first-order valence-corrected chi connectivity index (χ1v) is 5.88. The van der Waals surface area contributed by atoms with E-state index in [1.165, 1.54) is 29.7 Å². The fourth-order valence-corrected chi connectivity index (χ4v) is 3.11. The van der Waals surface area contributed by atoms with Crippen LogP contribution in [-0.2, 0) is 12.8 Å². The molecule has 0 aliphatic heterocycles. The van der Waals surface area contributed by atoms with E-state index in [0.29, 0.717) is 0 Å². The predicted octanol–water partition coefficient (Wildman–Crippen LogP) is 2.68. The number of fused-ring (bicyclic) bond motifs is 1. The molecule has 0 fully saturated rings. The maximum Gasteiger partial charge on any atom is 0.149 e. The van der Waals surface area contributed by atoms with Crippen molar-refractivity contribution in [1.29, 1.82) is 0 Å². The Balaban J connectivity index is 2.27. The van der Waals surface area contributed by atoms with Crippen LogP contribution in [0.15, 0.2) is 6.07 Å². The summed E-state index contributed by atoms with van der Waals surface area (Å²) in [7, 11) is 0. The van der Waals surface area contributed by atoms with Crippen LogP contribution in [-0.4, -0.2) is 5.11 Å². The van der Waals surface area contributed by atoms with Gasteiger partial charge in [-0.2, -0.15) is 0 Å². The van der Waals surface area contributed by atoms with Gasteiger partial charge in [-0.05, 0) is 37.3 Å². The smallest absolute Gasteiger partial charge is 0.149 e. The van der Waals surface area contributed by atoms with Crippen molar-refractivity contribution in [3.8, 4) is 12.3 Å². The Labute approximate surface area is 88.8 Å². The summed E-state index contributed by atoms with van der Waals surface area (Å²) in [5, 5.41) is 9.52. The highest BCUT2D eigenvalue weighted by Gasteiger charge is 2.15. The van der Waals surface area contributed by atoms with Crippen molar-refractivity contribution in [3.63, 3.8) is 0 Å². The summed E-state index contributed by atoms with van der Waals surface area (Å²) >= 11 is 1.69. The molecule has 2 heteroatoms. The molecular formula is C12H14OS.